The smallest absolute Gasteiger partial charge is 0.211 e. The molecule has 0 amide bonds. The van der Waals surface area contributed by atoms with E-state index in [1.165, 1.54) is 25.5 Å². The molecule has 1 atom stereocenters. The maximum absolute atomic E-state index is 11.4. The normalized spacial score (nSPS) is 20.6. The van der Waals surface area contributed by atoms with Gasteiger partial charge in [0.1, 0.15) is 0 Å². The van der Waals surface area contributed by atoms with Crippen molar-refractivity contribution in [3.8, 4) is 0 Å². The summed E-state index contributed by atoms with van der Waals surface area (Å²) in [4.78, 5) is 2.40. The van der Waals surface area contributed by atoms with E-state index in [1.807, 2.05) is 0 Å². The van der Waals surface area contributed by atoms with Crippen LogP contribution in [0.15, 0.2) is 0 Å². The Kier molecular flexibility index (Phi) is 7.28. The summed E-state index contributed by atoms with van der Waals surface area (Å²) in [6.07, 6.45) is 4.84. The Labute approximate surface area is 118 Å². The summed E-state index contributed by atoms with van der Waals surface area (Å²) in [7, 11) is -3.01. The van der Waals surface area contributed by atoms with Gasteiger partial charge in [0.2, 0.25) is 10.0 Å². The molecule has 1 N–H and O–H groups in total. The topological polar surface area (TPSA) is 52.6 Å². The Morgan fingerprint density at radius 1 is 1.16 bits per heavy atom. The summed E-state index contributed by atoms with van der Waals surface area (Å²) in [6.45, 7) is 9.59. The number of piperazine rings is 1. The van der Waals surface area contributed by atoms with Gasteiger partial charge in [0.15, 0.2) is 0 Å². The lowest BCUT2D eigenvalue weighted by Gasteiger charge is -2.37. The highest BCUT2D eigenvalue weighted by atomic mass is 32.2. The molecule has 19 heavy (non-hydrogen) atoms. The Hall–Kier alpha value is -0.170. The van der Waals surface area contributed by atoms with Gasteiger partial charge in [0.05, 0.1) is 6.26 Å². The Morgan fingerprint density at radius 2 is 1.79 bits per heavy atom. The van der Waals surface area contributed by atoms with Crippen LogP contribution < -0.4 is 5.32 Å². The van der Waals surface area contributed by atoms with Crippen LogP contribution in [0.5, 0.6) is 0 Å². The molecule has 0 spiro atoms. The van der Waals surface area contributed by atoms with Crippen molar-refractivity contribution in [3.05, 3.63) is 0 Å². The summed E-state index contributed by atoms with van der Waals surface area (Å²) < 4.78 is 24.5. The largest absolute Gasteiger partial charge is 0.317 e. The summed E-state index contributed by atoms with van der Waals surface area (Å²) in [6, 6.07) is 0.546. The minimum absolute atomic E-state index is 0.546. The van der Waals surface area contributed by atoms with Crippen molar-refractivity contribution in [3.63, 3.8) is 0 Å². The van der Waals surface area contributed by atoms with Crippen molar-refractivity contribution in [1.29, 1.82) is 0 Å². The highest BCUT2D eigenvalue weighted by molar-refractivity contribution is 7.88. The zero-order chi connectivity index (χ0) is 14.3. The first-order chi connectivity index (χ1) is 8.95. The van der Waals surface area contributed by atoms with Crippen LogP contribution in [0.25, 0.3) is 0 Å². The predicted molar refractivity (Wildman–Crippen MR) is 79.8 cm³/mol. The van der Waals surface area contributed by atoms with Crippen molar-refractivity contribution in [2.45, 2.75) is 39.2 Å². The molecule has 1 aliphatic heterocycles. The fourth-order valence-corrected chi connectivity index (χ4v) is 3.31. The van der Waals surface area contributed by atoms with Crippen molar-refractivity contribution in [2.75, 3.05) is 45.5 Å². The lowest BCUT2D eigenvalue weighted by molar-refractivity contribution is 0.139. The maximum atomic E-state index is 11.4. The molecule has 1 heterocycles. The summed E-state index contributed by atoms with van der Waals surface area (Å²) in [5.74, 6) is 0. The summed E-state index contributed by atoms with van der Waals surface area (Å²) in [5, 5.41) is 3.41. The highest BCUT2D eigenvalue weighted by Crippen LogP contribution is 2.12. The quantitative estimate of drug-likeness (QED) is 0.670. The summed E-state index contributed by atoms with van der Waals surface area (Å²) in [5.41, 5.74) is 0. The second-order valence-corrected chi connectivity index (χ2v) is 7.42. The van der Waals surface area contributed by atoms with Gasteiger partial charge in [-0.15, -0.1) is 0 Å². The van der Waals surface area contributed by atoms with E-state index in [-0.39, 0.29) is 0 Å². The van der Waals surface area contributed by atoms with Crippen LogP contribution in [0, 0.1) is 0 Å². The van der Waals surface area contributed by atoms with Gasteiger partial charge in [-0.3, -0.25) is 4.90 Å². The van der Waals surface area contributed by atoms with E-state index in [0.717, 1.165) is 26.2 Å². The standard InChI is InChI=1S/C13H29N3O2S/c1-4-7-14-8-5-6-13(2)15-9-11-16(12-10-15)19(3,17)18/h13-14H,4-12H2,1-3H3. The van der Waals surface area contributed by atoms with Gasteiger partial charge in [-0.2, -0.15) is 4.31 Å². The van der Waals surface area contributed by atoms with Crippen LogP contribution in [0.2, 0.25) is 0 Å². The molecule has 1 unspecified atom stereocenters. The first-order valence-corrected chi connectivity index (χ1v) is 9.20. The average molecular weight is 291 g/mol. The molecule has 1 aliphatic rings. The molecule has 6 heteroatoms. The Balaban J connectivity index is 2.20. The molecule has 0 aliphatic carbocycles. The minimum atomic E-state index is -3.01. The van der Waals surface area contributed by atoms with Crippen LogP contribution in [0.4, 0.5) is 0 Å². The van der Waals surface area contributed by atoms with E-state index < -0.39 is 10.0 Å². The van der Waals surface area contributed by atoms with Gasteiger partial charge >= 0.3 is 0 Å². The molecule has 5 nitrogen and oxygen atoms in total. The molecule has 1 rings (SSSR count). The lowest BCUT2D eigenvalue weighted by Crippen LogP contribution is -2.51. The van der Waals surface area contributed by atoms with E-state index in [0.29, 0.717) is 19.1 Å². The second-order valence-electron chi connectivity index (χ2n) is 5.44. The third kappa shape index (κ3) is 6.21. The van der Waals surface area contributed by atoms with E-state index in [1.54, 1.807) is 4.31 Å². The van der Waals surface area contributed by atoms with Gasteiger partial charge in [-0.25, -0.2) is 8.42 Å². The molecule has 1 fully saturated rings. The molecule has 0 bridgehead atoms. The zero-order valence-electron chi connectivity index (χ0n) is 12.6. The fourth-order valence-electron chi connectivity index (χ4n) is 2.48. The average Bonchev–Trinajstić information content (AvgIpc) is 2.37. The van der Waals surface area contributed by atoms with Gasteiger partial charge in [-0.1, -0.05) is 6.92 Å². The number of rotatable bonds is 8. The zero-order valence-corrected chi connectivity index (χ0v) is 13.4. The van der Waals surface area contributed by atoms with Crippen LogP contribution in [-0.2, 0) is 10.0 Å². The molecule has 1 saturated heterocycles. The summed E-state index contributed by atoms with van der Waals surface area (Å²) >= 11 is 0. The van der Waals surface area contributed by atoms with Crippen molar-refractivity contribution < 1.29 is 8.42 Å². The predicted octanol–water partition coefficient (Wildman–Crippen LogP) is 0.732. The van der Waals surface area contributed by atoms with Gasteiger partial charge in [0, 0.05) is 32.2 Å². The number of hydrogen-bond acceptors (Lipinski definition) is 4. The molecule has 0 aromatic rings. The maximum Gasteiger partial charge on any atom is 0.211 e. The Bertz CT molecular complexity index is 338. The van der Waals surface area contributed by atoms with Crippen molar-refractivity contribution in [1.82, 2.24) is 14.5 Å². The van der Waals surface area contributed by atoms with Crippen molar-refractivity contribution >= 4 is 10.0 Å². The molecule has 114 valence electrons. The first-order valence-electron chi connectivity index (χ1n) is 7.35. The van der Waals surface area contributed by atoms with Gasteiger partial charge < -0.3 is 5.32 Å². The van der Waals surface area contributed by atoms with Crippen LogP contribution >= 0.6 is 0 Å². The minimum Gasteiger partial charge on any atom is -0.317 e. The number of sulfonamides is 1. The molecule has 0 aromatic heterocycles. The van der Waals surface area contributed by atoms with Crippen LogP contribution in [0.3, 0.4) is 0 Å². The monoisotopic (exact) mass is 291 g/mol. The molecular weight excluding hydrogens is 262 g/mol. The molecule has 0 radical (unpaired) electrons. The van der Waals surface area contributed by atoms with E-state index in [4.69, 9.17) is 0 Å². The Morgan fingerprint density at radius 3 is 2.32 bits per heavy atom. The molecule has 0 saturated carbocycles. The van der Waals surface area contributed by atoms with E-state index >= 15 is 0 Å². The van der Waals surface area contributed by atoms with Crippen molar-refractivity contribution in [2.24, 2.45) is 0 Å². The number of nitrogens with zero attached hydrogens (tertiary/aromatic N) is 2. The van der Waals surface area contributed by atoms with Gasteiger partial charge in [-0.05, 0) is 39.3 Å². The van der Waals surface area contributed by atoms with Crippen LogP contribution in [0.1, 0.15) is 33.1 Å². The first kappa shape index (κ1) is 16.9. The molecule has 0 aromatic carbocycles. The van der Waals surface area contributed by atoms with E-state index in [9.17, 15) is 8.42 Å². The fraction of sp³-hybridized carbons (Fsp3) is 1.00. The number of nitrogens with one attached hydrogen (secondary N) is 1. The highest BCUT2D eigenvalue weighted by Gasteiger charge is 2.25. The third-order valence-electron chi connectivity index (χ3n) is 3.77. The van der Waals surface area contributed by atoms with Gasteiger partial charge in [0.25, 0.3) is 0 Å². The van der Waals surface area contributed by atoms with E-state index in [2.05, 4.69) is 24.1 Å². The van der Waals surface area contributed by atoms with Crippen LogP contribution in [-0.4, -0.2) is 69.2 Å². The second kappa shape index (κ2) is 8.19. The number of hydrogen-bond donors (Lipinski definition) is 1. The third-order valence-corrected chi connectivity index (χ3v) is 5.07. The SMILES string of the molecule is CCCNCCCC(C)N1CCN(S(C)(=O)=O)CC1. The molecular formula is C13H29N3O2S. The lowest BCUT2D eigenvalue weighted by atomic mass is 10.1.